The maximum atomic E-state index is 12.7. The average molecular weight is 359 g/mol. The van der Waals surface area contributed by atoms with Crippen LogP contribution in [0.25, 0.3) is 5.69 Å². The first-order valence-electron chi connectivity index (χ1n) is 9.24. The van der Waals surface area contributed by atoms with Crippen LogP contribution in [0.3, 0.4) is 0 Å². The number of benzene rings is 2. The summed E-state index contributed by atoms with van der Waals surface area (Å²) in [4.78, 5) is 19.1. The zero-order chi connectivity index (χ0) is 18.4. The van der Waals surface area contributed by atoms with E-state index in [1.54, 1.807) is 17.3 Å². The van der Waals surface area contributed by atoms with Gasteiger partial charge in [-0.05, 0) is 48.7 Å². The molecule has 0 aliphatic carbocycles. The first-order valence-corrected chi connectivity index (χ1v) is 9.24. The Hall–Kier alpha value is -2.99. The van der Waals surface area contributed by atoms with Crippen molar-refractivity contribution in [3.63, 3.8) is 0 Å². The second kappa shape index (κ2) is 6.03. The zero-order valence-corrected chi connectivity index (χ0v) is 15.2. The van der Waals surface area contributed by atoms with Crippen molar-refractivity contribution in [1.29, 1.82) is 0 Å². The first kappa shape index (κ1) is 16.2. The van der Waals surface area contributed by atoms with Crippen molar-refractivity contribution in [1.82, 2.24) is 19.7 Å². The van der Waals surface area contributed by atoms with Gasteiger partial charge in [0.1, 0.15) is 12.7 Å². The molecule has 1 spiro atoms. The molecular formula is C21H21N5O. The fourth-order valence-corrected chi connectivity index (χ4v) is 4.47. The molecule has 27 heavy (non-hydrogen) atoms. The van der Waals surface area contributed by atoms with Crippen LogP contribution in [-0.4, -0.2) is 38.7 Å². The second-order valence-corrected chi connectivity index (χ2v) is 7.50. The third kappa shape index (κ3) is 2.56. The molecular weight excluding hydrogens is 338 g/mol. The van der Waals surface area contributed by atoms with Gasteiger partial charge in [0.25, 0.3) is 0 Å². The highest BCUT2D eigenvalue weighted by Gasteiger charge is 2.50. The molecule has 3 aromatic rings. The lowest BCUT2D eigenvalue weighted by Crippen LogP contribution is -2.37. The van der Waals surface area contributed by atoms with Gasteiger partial charge in [0, 0.05) is 18.8 Å². The van der Waals surface area contributed by atoms with Crippen LogP contribution in [0.5, 0.6) is 0 Å². The summed E-state index contributed by atoms with van der Waals surface area (Å²) in [6.07, 6.45) is 4.12. The summed E-state index contributed by atoms with van der Waals surface area (Å²) in [7, 11) is 0. The fourth-order valence-electron chi connectivity index (χ4n) is 4.47. The Labute approximate surface area is 157 Å². The van der Waals surface area contributed by atoms with Gasteiger partial charge in [-0.15, -0.1) is 0 Å². The number of hydrogen-bond donors (Lipinski definition) is 1. The molecule has 6 nitrogen and oxygen atoms in total. The lowest BCUT2D eigenvalue weighted by atomic mass is 9.81. The van der Waals surface area contributed by atoms with Crippen LogP contribution in [0.2, 0.25) is 0 Å². The van der Waals surface area contributed by atoms with E-state index >= 15 is 0 Å². The van der Waals surface area contributed by atoms with Crippen LogP contribution >= 0.6 is 0 Å². The quantitative estimate of drug-likeness (QED) is 0.781. The van der Waals surface area contributed by atoms with Gasteiger partial charge in [-0.3, -0.25) is 9.69 Å². The van der Waals surface area contributed by atoms with Gasteiger partial charge in [0.15, 0.2) is 0 Å². The molecule has 5 rings (SSSR count). The van der Waals surface area contributed by atoms with E-state index in [4.69, 9.17) is 0 Å². The third-order valence-electron chi connectivity index (χ3n) is 5.81. The normalized spacial score (nSPS) is 21.6. The van der Waals surface area contributed by atoms with Crippen LogP contribution in [-0.2, 0) is 16.8 Å². The smallest absolute Gasteiger partial charge is 0.236 e. The Bertz CT molecular complexity index is 1010. The van der Waals surface area contributed by atoms with Gasteiger partial charge in [0.05, 0.1) is 11.1 Å². The molecule has 1 unspecified atom stereocenters. The molecule has 1 atom stereocenters. The van der Waals surface area contributed by atoms with E-state index < -0.39 is 5.41 Å². The van der Waals surface area contributed by atoms with E-state index in [-0.39, 0.29) is 5.91 Å². The number of likely N-dealkylation sites (tertiary alicyclic amines) is 1. The topological polar surface area (TPSA) is 63.1 Å². The Morgan fingerprint density at radius 3 is 2.93 bits per heavy atom. The van der Waals surface area contributed by atoms with E-state index in [0.29, 0.717) is 0 Å². The van der Waals surface area contributed by atoms with Crippen molar-refractivity contribution in [2.75, 3.05) is 18.4 Å². The van der Waals surface area contributed by atoms with Crippen LogP contribution in [0.15, 0.2) is 55.1 Å². The summed E-state index contributed by atoms with van der Waals surface area (Å²) in [5.74, 6) is 0.143. The number of nitrogens with one attached hydrogen (secondary N) is 1. The molecule has 3 heterocycles. The molecule has 0 bridgehead atoms. The highest BCUT2D eigenvalue weighted by Crippen LogP contribution is 2.44. The maximum Gasteiger partial charge on any atom is 0.236 e. The molecule has 1 fully saturated rings. The van der Waals surface area contributed by atoms with E-state index in [1.165, 1.54) is 5.56 Å². The summed E-state index contributed by atoms with van der Waals surface area (Å²) < 4.78 is 1.78. The van der Waals surface area contributed by atoms with Gasteiger partial charge < -0.3 is 5.32 Å². The molecule has 1 saturated heterocycles. The minimum atomic E-state index is -0.397. The predicted octanol–water partition coefficient (Wildman–Crippen LogP) is 2.67. The van der Waals surface area contributed by atoms with Gasteiger partial charge in [0.2, 0.25) is 5.91 Å². The number of amides is 1. The van der Waals surface area contributed by atoms with Crippen molar-refractivity contribution >= 4 is 11.6 Å². The molecule has 1 amide bonds. The molecule has 2 aromatic carbocycles. The average Bonchev–Trinajstić information content (AvgIpc) is 3.38. The summed E-state index contributed by atoms with van der Waals surface area (Å²) in [5.41, 5.74) is 5.17. The van der Waals surface area contributed by atoms with E-state index in [1.807, 2.05) is 18.2 Å². The lowest BCUT2D eigenvalue weighted by Gasteiger charge is -2.23. The van der Waals surface area contributed by atoms with Crippen LogP contribution < -0.4 is 5.32 Å². The number of carbonyl (C=O) groups excluding carboxylic acids is 1. The summed E-state index contributed by atoms with van der Waals surface area (Å²) in [6.45, 7) is 4.62. The van der Waals surface area contributed by atoms with Crippen molar-refractivity contribution in [2.24, 2.45) is 0 Å². The number of anilines is 1. The molecule has 1 aromatic heterocycles. The lowest BCUT2D eigenvalue weighted by molar-refractivity contribution is -0.120. The maximum absolute atomic E-state index is 12.7. The number of carbonyl (C=O) groups is 1. The van der Waals surface area contributed by atoms with Crippen molar-refractivity contribution in [3.05, 3.63) is 71.8 Å². The summed E-state index contributed by atoms with van der Waals surface area (Å²) >= 11 is 0. The van der Waals surface area contributed by atoms with E-state index in [0.717, 1.165) is 48.6 Å². The molecule has 136 valence electrons. The van der Waals surface area contributed by atoms with Crippen molar-refractivity contribution in [3.8, 4) is 5.69 Å². The molecule has 2 aliphatic heterocycles. The Morgan fingerprint density at radius 2 is 2.11 bits per heavy atom. The van der Waals surface area contributed by atoms with Crippen molar-refractivity contribution < 1.29 is 4.79 Å². The minimum Gasteiger partial charge on any atom is -0.325 e. The standard InChI is InChI=1S/C21H21N5O/c1-15-10-16(6-7-19(15)26-14-22-13-23-26)11-25-9-8-21(12-25)17-4-2-3-5-18(17)24-20(21)27/h2-7,10,13-14H,8-9,11-12H2,1H3,(H,24,27). The number of aromatic nitrogens is 3. The number of hydrogen-bond acceptors (Lipinski definition) is 4. The Balaban J connectivity index is 1.36. The van der Waals surface area contributed by atoms with E-state index in [2.05, 4.69) is 51.5 Å². The number of para-hydroxylation sites is 1. The Kier molecular flexibility index (Phi) is 3.62. The summed E-state index contributed by atoms with van der Waals surface area (Å²) in [6, 6.07) is 14.5. The molecule has 6 heteroatoms. The fraction of sp³-hybridized carbons (Fsp3) is 0.286. The summed E-state index contributed by atoms with van der Waals surface area (Å²) in [5, 5.41) is 7.27. The largest absolute Gasteiger partial charge is 0.325 e. The molecule has 0 saturated carbocycles. The minimum absolute atomic E-state index is 0.143. The number of aryl methyl sites for hydroxylation is 1. The van der Waals surface area contributed by atoms with Gasteiger partial charge in [-0.25, -0.2) is 9.67 Å². The third-order valence-corrected chi connectivity index (χ3v) is 5.81. The highest BCUT2D eigenvalue weighted by atomic mass is 16.2. The first-order chi connectivity index (χ1) is 13.2. The van der Waals surface area contributed by atoms with Crippen LogP contribution in [0.1, 0.15) is 23.1 Å². The second-order valence-electron chi connectivity index (χ2n) is 7.50. The number of fused-ring (bicyclic) bond motifs is 2. The molecule has 2 aliphatic rings. The van der Waals surface area contributed by atoms with Gasteiger partial charge in [-0.1, -0.05) is 30.3 Å². The Morgan fingerprint density at radius 1 is 1.22 bits per heavy atom. The monoisotopic (exact) mass is 359 g/mol. The van der Waals surface area contributed by atoms with Gasteiger partial charge in [-0.2, -0.15) is 5.10 Å². The molecule has 1 N–H and O–H groups in total. The SMILES string of the molecule is Cc1cc(CN2CCC3(C2)C(=O)Nc2ccccc23)ccc1-n1cncn1. The number of rotatable bonds is 3. The van der Waals surface area contributed by atoms with Crippen LogP contribution in [0, 0.1) is 6.92 Å². The van der Waals surface area contributed by atoms with Crippen LogP contribution in [0.4, 0.5) is 5.69 Å². The van der Waals surface area contributed by atoms with Gasteiger partial charge >= 0.3 is 0 Å². The highest BCUT2D eigenvalue weighted by molar-refractivity contribution is 6.06. The zero-order valence-electron chi connectivity index (χ0n) is 15.2. The van der Waals surface area contributed by atoms with Crippen molar-refractivity contribution in [2.45, 2.75) is 25.3 Å². The van der Waals surface area contributed by atoms with E-state index in [9.17, 15) is 4.79 Å². The molecule has 0 radical (unpaired) electrons. The predicted molar refractivity (Wildman–Crippen MR) is 103 cm³/mol. The number of nitrogens with zero attached hydrogens (tertiary/aromatic N) is 4.